The number of carbonyl (C=O) groups excluding carboxylic acids is 4. The maximum Gasteiger partial charge on any atom is 0.325 e. The third-order valence-electron chi connectivity index (χ3n) is 4.13. The Morgan fingerprint density at radius 2 is 1.53 bits per heavy atom. The summed E-state index contributed by atoms with van der Waals surface area (Å²) in [4.78, 5) is 47.2. The van der Waals surface area contributed by atoms with Crippen molar-refractivity contribution < 1.29 is 23.9 Å². The molecule has 0 fully saturated rings. The molecule has 0 spiro atoms. The predicted octanol–water partition coefficient (Wildman–Crippen LogP) is 1.27. The molecule has 2 aromatic carbocycles. The minimum absolute atomic E-state index is 0.331. The monoisotopic (exact) mass is 411 g/mol. The van der Waals surface area contributed by atoms with E-state index >= 15 is 0 Å². The Labute approximate surface area is 175 Å². The first kappa shape index (κ1) is 22.6. The smallest absolute Gasteiger partial charge is 0.325 e. The molecule has 30 heavy (non-hydrogen) atoms. The largest absolute Gasteiger partial charge is 0.454 e. The van der Waals surface area contributed by atoms with Gasteiger partial charge in [-0.15, -0.1) is 0 Å². The van der Waals surface area contributed by atoms with E-state index in [0.717, 1.165) is 11.1 Å². The van der Waals surface area contributed by atoms with Crippen LogP contribution < -0.4 is 16.0 Å². The number of nitrogens with one attached hydrogen (secondary N) is 3. The molecule has 1 atom stereocenters. The van der Waals surface area contributed by atoms with E-state index in [9.17, 15) is 19.2 Å². The molecular weight excluding hydrogens is 386 g/mol. The number of ether oxygens (including phenoxy) is 1. The number of rotatable bonds is 9. The molecule has 0 aliphatic carbocycles. The van der Waals surface area contributed by atoms with E-state index in [-0.39, 0.29) is 12.5 Å². The second-order valence-corrected chi connectivity index (χ2v) is 6.47. The molecule has 0 radical (unpaired) electrons. The minimum Gasteiger partial charge on any atom is -0.454 e. The summed E-state index contributed by atoms with van der Waals surface area (Å²) in [5, 5.41) is 7.43. The Balaban J connectivity index is 1.74. The van der Waals surface area contributed by atoms with Crippen molar-refractivity contribution in [3.8, 4) is 11.1 Å². The van der Waals surface area contributed by atoms with Gasteiger partial charge >= 0.3 is 5.97 Å². The van der Waals surface area contributed by atoms with E-state index in [0.29, 0.717) is 12.1 Å². The second-order valence-electron chi connectivity index (χ2n) is 6.47. The number of benzene rings is 2. The van der Waals surface area contributed by atoms with Crippen molar-refractivity contribution in [2.45, 2.75) is 19.9 Å². The molecule has 3 amide bonds. The first-order valence-electron chi connectivity index (χ1n) is 9.57. The van der Waals surface area contributed by atoms with Crippen molar-refractivity contribution in [2.24, 2.45) is 0 Å². The summed E-state index contributed by atoms with van der Waals surface area (Å²) >= 11 is 0. The van der Waals surface area contributed by atoms with E-state index in [4.69, 9.17) is 4.74 Å². The van der Waals surface area contributed by atoms with Gasteiger partial charge in [0.1, 0.15) is 12.6 Å². The standard InChI is InChI=1S/C22H25N3O5/c1-3-23-21(28)15(2)25-19(26)14-30-20(27)13-24-22(29)18-11-9-17(10-12-18)16-7-5-4-6-8-16/h4-12,15H,3,13-14H2,1-2H3,(H,23,28)(H,24,29)(H,25,26)/t15-/m0/s1. The van der Waals surface area contributed by atoms with Crippen LogP contribution in [-0.4, -0.2) is 49.4 Å². The summed E-state index contributed by atoms with van der Waals surface area (Å²) in [6.45, 7) is 2.82. The zero-order valence-corrected chi connectivity index (χ0v) is 16.9. The van der Waals surface area contributed by atoms with Gasteiger partial charge in [-0.3, -0.25) is 19.2 Å². The number of hydrogen-bond donors (Lipinski definition) is 3. The zero-order valence-electron chi connectivity index (χ0n) is 16.9. The van der Waals surface area contributed by atoms with Crippen LogP contribution in [0.2, 0.25) is 0 Å². The quantitative estimate of drug-likeness (QED) is 0.538. The third kappa shape index (κ3) is 7.05. The van der Waals surface area contributed by atoms with Gasteiger partial charge in [0.05, 0.1) is 0 Å². The van der Waals surface area contributed by atoms with Crippen molar-refractivity contribution >= 4 is 23.7 Å². The van der Waals surface area contributed by atoms with Crippen LogP contribution in [0.15, 0.2) is 54.6 Å². The van der Waals surface area contributed by atoms with Crippen molar-refractivity contribution in [2.75, 3.05) is 19.7 Å². The number of carbonyl (C=O) groups is 4. The van der Waals surface area contributed by atoms with Crippen molar-refractivity contribution in [3.05, 3.63) is 60.2 Å². The fraction of sp³-hybridized carbons (Fsp3) is 0.273. The third-order valence-corrected chi connectivity index (χ3v) is 4.13. The van der Waals surface area contributed by atoms with Gasteiger partial charge in [0.2, 0.25) is 5.91 Å². The Morgan fingerprint density at radius 1 is 0.900 bits per heavy atom. The molecule has 0 aliphatic rings. The van der Waals surface area contributed by atoms with Crippen molar-refractivity contribution in [1.82, 2.24) is 16.0 Å². The zero-order chi connectivity index (χ0) is 21.9. The second kappa shape index (κ2) is 11.4. The van der Waals surface area contributed by atoms with Crippen LogP contribution in [0.4, 0.5) is 0 Å². The van der Waals surface area contributed by atoms with Crippen LogP contribution in [0.1, 0.15) is 24.2 Å². The van der Waals surface area contributed by atoms with Crippen LogP contribution in [0, 0.1) is 0 Å². The Bertz CT molecular complexity index is 881. The number of esters is 1. The van der Waals surface area contributed by atoms with Crippen LogP contribution in [-0.2, 0) is 19.1 Å². The van der Waals surface area contributed by atoms with Crippen molar-refractivity contribution in [3.63, 3.8) is 0 Å². The topological polar surface area (TPSA) is 114 Å². The van der Waals surface area contributed by atoms with Gasteiger partial charge in [0, 0.05) is 12.1 Å². The number of likely N-dealkylation sites (N-methyl/N-ethyl adjacent to an activating group) is 1. The Morgan fingerprint density at radius 3 is 2.17 bits per heavy atom. The fourth-order valence-electron chi connectivity index (χ4n) is 2.57. The molecule has 0 bridgehead atoms. The first-order valence-corrected chi connectivity index (χ1v) is 9.57. The van der Waals surface area contributed by atoms with Gasteiger partial charge in [0.25, 0.3) is 11.8 Å². The van der Waals surface area contributed by atoms with Gasteiger partial charge in [-0.2, -0.15) is 0 Å². The molecule has 8 nitrogen and oxygen atoms in total. The van der Waals surface area contributed by atoms with E-state index in [2.05, 4.69) is 16.0 Å². The lowest BCUT2D eigenvalue weighted by Crippen LogP contribution is -2.46. The summed E-state index contributed by atoms with van der Waals surface area (Å²) < 4.78 is 4.81. The molecule has 158 valence electrons. The maximum atomic E-state index is 12.2. The van der Waals surface area contributed by atoms with Crippen LogP contribution in [0.5, 0.6) is 0 Å². The lowest BCUT2D eigenvalue weighted by atomic mass is 10.0. The summed E-state index contributed by atoms with van der Waals surface area (Å²) in [5.74, 6) is -2.13. The molecule has 0 aliphatic heterocycles. The summed E-state index contributed by atoms with van der Waals surface area (Å²) in [7, 11) is 0. The van der Waals surface area contributed by atoms with Crippen LogP contribution >= 0.6 is 0 Å². The highest BCUT2D eigenvalue weighted by atomic mass is 16.5. The molecule has 3 N–H and O–H groups in total. The maximum absolute atomic E-state index is 12.2. The lowest BCUT2D eigenvalue weighted by molar-refractivity contribution is -0.147. The van der Waals surface area contributed by atoms with Gasteiger partial charge in [-0.25, -0.2) is 0 Å². The van der Waals surface area contributed by atoms with E-state index in [1.165, 1.54) is 6.92 Å². The minimum atomic E-state index is -0.759. The normalized spacial score (nSPS) is 11.1. The lowest BCUT2D eigenvalue weighted by Gasteiger charge is -2.13. The van der Waals surface area contributed by atoms with Gasteiger partial charge < -0.3 is 20.7 Å². The van der Waals surface area contributed by atoms with Crippen LogP contribution in [0.25, 0.3) is 11.1 Å². The first-order chi connectivity index (χ1) is 14.4. The van der Waals surface area contributed by atoms with E-state index in [1.807, 2.05) is 42.5 Å². The predicted molar refractivity (Wildman–Crippen MR) is 111 cm³/mol. The highest BCUT2D eigenvalue weighted by Gasteiger charge is 2.16. The fourth-order valence-corrected chi connectivity index (χ4v) is 2.57. The molecule has 0 aromatic heterocycles. The number of hydrogen-bond acceptors (Lipinski definition) is 5. The molecule has 8 heteroatoms. The SMILES string of the molecule is CCNC(=O)[C@H](C)NC(=O)COC(=O)CNC(=O)c1ccc(-c2ccccc2)cc1. The van der Waals surface area contributed by atoms with Crippen LogP contribution in [0.3, 0.4) is 0 Å². The molecule has 0 saturated heterocycles. The van der Waals surface area contributed by atoms with Gasteiger partial charge in [0.15, 0.2) is 6.61 Å². The highest BCUT2D eigenvalue weighted by Crippen LogP contribution is 2.19. The molecule has 0 heterocycles. The van der Waals surface area contributed by atoms with E-state index in [1.54, 1.807) is 19.1 Å². The van der Waals surface area contributed by atoms with Gasteiger partial charge in [-0.1, -0.05) is 42.5 Å². The summed E-state index contributed by atoms with van der Waals surface area (Å²) in [6, 6.07) is 16.0. The van der Waals surface area contributed by atoms with Gasteiger partial charge in [-0.05, 0) is 37.1 Å². The summed E-state index contributed by atoms with van der Waals surface area (Å²) in [6.07, 6.45) is 0. The molecule has 2 aromatic rings. The Kier molecular flexibility index (Phi) is 8.56. The molecule has 0 unspecified atom stereocenters. The number of amides is 3. The molecular formula is C22H25N3O5. The Hall–Kier alpha value is -3.68. The van der Waals surface area contributed by atoms with E-state index < -0.39 is 30.4 Å². The van der Waals surface area contributed by atoms with Crippen molar-refractivity contribution in [1.29, 1.82) is 0 Å². The molecule has 0 saturated carbocycles. The summed E-state index contributed by atoms with van der Waals surface area (Å²) in [5.41, 5.74) is 2.41. The molecule has 2 rings (SSSR count). The average Bonchev–Trinajstić information content (AvgIpc) is 2.76. The average molecular weight is 411 g/mol. The highest BCUT2D eigenvalue weighted by molar-refractivity contribution is 5.96.